The first-order valence-electron chi connectivity index (χ1n) is 11.0. The van der Waals surface area contributed by atoms with E-state index in [-0.39, 0.29) is 0 Å². The Morgan fingerprint density at radius 1 is 0.812 bits per heavy atom. The van der Waals surface area contributed by atoms with E-state index in [1.54, 1.807) is 0 Å². The summed E-state index contributed by atoms with van der Waals surface area (Å²) in [6.07, 6.45) is 0.789. The van der Waals surface area contributed by atoms with Gasteiger partial charge in [-0.25, -0.2) is 0 Å². The van der Waals surface area contributed by atoms with E-state index in [0.29, 0.717) is 11.9 Å². The molecule has 3 aromatic rings. The molecule has 2 atom stereocenters. The molecule has 6 heteroatoms. The molecule has 0 unspecified atom stereocenters. The second kappa shape index (κ2) is 10.7. The van der Waals surface area contributed by atoms with Gasteiger partial charge >= 0.3 is 0 Å². The first-order chi connectivity index (χ1) is 15.3. The molecule has 5 nitrogen and oxygen atoms in total. The zero-order valence-electron chi connectivity index (χ0n) is 19.7. The van der Waals surface area contributed by atoms with Crippen LogP contribution in [0, 0.1) is 0 Å². The van der Waals surface area contributed by atoms with Crippen molar-refractivity contribution in [3.05, 3.63) is 84.4 Å². The van der Waals surface area contributed by atoms with Crippen LogP contribution in [0.2, 0.25) is 0 Å². The Labute approximate surface area is 192 Å². The Kier molecular flexibility index (Phi) is 8.00. The summed E-state index contributed by atoms with van der Waals surface area (Å²) < 4.78 is 20.9. The van der Waals surface area contributed by atoms with Gasteiger partial charge in [-0.15, -0.1) is 0 Å². The van der Waals surface area contributed by atoms with Gasteiger partial charge in [-0.05, 0) is 60.5 Å². The van der Waals surface area contributed by atoms with Gasteiger partial charge in [-0.1, -0.05) is 37.3 Å². The Bertz CT molecular complexity index is 1020. The topological polar surface area (TPSA) is 44.8 Å². The van der Waals surface area contributed by atoms with Crippen molar-refractivity contribution in [3.63, 3.8) is 0 Å². The summed E-state index contributed by atoms with van der Waals surface area (Å²) in [5.74, 6) is -0.516. The smallest absolute Gasteiger partial charge is 0.258 e. The van der Waals surface area contributed by atoms with Gasteiger partial charge in [0, 0.05) is 50.6 Å². The van der Waals surface area contributed by atoms with Crippen molar-refractivity contribution in [2.24, 2.45) is 0 Å². The van der Waals surface area contributed by atoms with Crippen molar-refractivity contribution in [2.45, 2.75) is 19.1 Å². The third-order valence-electron chi connectivity index (χ3n) is 5.36. The van der Waals surface area contributed by atoms with Crippen LogP contribution in [0.15, 0.2) is 78.9 Å². The molecule has 1 N–H and O–H groups in total. The van der Waals surface area contributed by atoms with Gasteiger partial charge in [0.25, 0.3) is 7.37 Å². The quantitative estimate of drug-likeness (QED) is 0.385. The van der Waals surface area contributed by atoms with E-state index in [4.69, 9.17) is 4.52 Å². The number of hydrogen-bond donors (Lipinski definition) is 1. The number of anilines is 3. The molecule has 0 amide bonds. The Morgan fingerprint density at radius 3 is 1.84 bits per heavy atom. The minimum Gasteiger partial charge on any atom is -0.378 e. The second-order valence-electron chi connectivity index (χ2n) is 8.24. The number of benzene rings is 3. The van der Waals surface area contributed by atoms with Crippen LogP contribution in [-0.4, -0.2) is 34.8 Å². The van der Waals surface area contributed by atoms with Crippen LogP contribution in [0.1, 0.15) is 24.7 Å². The molecular formula is C26H34N3O2P. The first kappa shape index (κ1) is 23.9. The molecule has 3 rings (SSSR count). The lowest BCUT2D eigenvalue weighted by atomic mass is 10.2. The zero-order chi connectivity index (χ0) is 23.1. The van der Waals surface area contributed by atoms with E-state index in [0.717, 1.165) is 29.0 Å². The highest BCUT2D eigenvalue weighted by atomic mass is 31.2. The minimum absolute atomic E-state index is 0.426. The summed E-state index contributed by atoms with van der Waals surface area (Å²) in [4.78, 5) is 4.08. The van der Waals surface area contributed by atoms with E-state index < -0.39 is 13.2 Å². The molecule has 0 aliphatic rings. The molecule has 0 spiro atoms. The molecule has 0 bridgehead atoms. The van der Waals surface area contributed by atoms with E-state index in [1.807, 2.05) is 119 Å². The van der Waals surface area contributed by atoms with Gasteiger partial charge in [-0.3, -0.25) is 4.57 Å². The van der Waals surface area contributed by atoms with Crippen molar-refractivity contribution in [3.8, 4) is 0 Å². The lowest BCUT2D eigenvalue weighted by molar-refractivity contribution is 0.315. The Hall–Kier alpha value is -2.75. The lowest BCUT2D eigenvalue weighted by Crippen LogP contribution is -2.21. The van der Waals surface area contributed by atoms with Crippen molar-refractivity contribution in [1.29, 1.82) is 0 Å². The first-order valence-corrected chi connectivity index (χ1v) is 12.7. The minimum atomic E-state index is -3.32. The molecule has 0 saturated carbocycles. The average Bonchev–Trinajstić information content (AvgIpc) is 2.82. The number of rotatable bonds is 10. The van der Waals surface area contributed by atoms with Gasteiger partial charge in [0.05, 0.1) is 6.61 Å². The summed E-state index contributed by atoms with van der Waals surface area (Å²) >= 11 is 0. The highest BCUT2D eigenvalue weighted by molar-refractivity contribution is 7.67. The number of nitrogens with one attached hydrogen (secondary N) is 1. The van der Waals surface area contributed by atoms with Gasteiger partial charge in [-0.2, -0.15) is 0 Å². The van der Waals surface area contributed by atoms with E-state index in [1.165, 1.54) is 0 Å². The predicted octanol–water partition coefficient (Wildman–Crippen LogP) is 5.96. The number of nitrogens with zero attached hydrogens (tertiary/aromatic N) is 2. The van der Waals surface area contributed by atoms with E-state index in [2.05, 4.69) is 10.2 Å². The standard InChI is InChI=1S/C26H34N3O2P/c1-6-20-31-32(30,25-18-16-24(17-19-25)29(4)5)26(27-22-10-8-7-9-11-22)21-12-14-23(15-13-21)28(2)3/h7-19,26-27H,6,20H2,1-5H3/t26-,32+/m1/s1. The molecule has 0 fully saturated rings. The molecule has 0 saturated heterocycles. The molecule has 0 aliphatic carbocycles. The Balaban J connectivity index is 2.10. The maximum atomic E-state index is 14.7. The summed E-state index contributed by atoms with van der Waals surface area (Å²) in [7, 11) is 4.69. The molecule has 0 heterocycles. The predicted molar refractivity (Wildman–Crippen MR) is 138 cm³/mol. The van der Waals surface area contributed by atoms with Crippen molar-refractivity contribution in [2.75, 3.05) is 49.9 Å². The highest BCUT2D eigenvalue weighted by Gasteiger charge is 2.38. The maximum absolute atomic E-state index is 14.7. The summed E-state index contributed by atoms with van der Waals surface area (Å²) in [6, 6.07) is 25.9. The highest BCUT2D eigenvalue weighted by Crippen LogP contribution is 2.59. The molecule has 3 aromatic carbocycles. The lowest BCUT2D eigenvalue weighted by Gasteiger charge is -2.30. The third-order valence-corrected chi connectivity index (χ3v) is 8.05. The van der Waals surface area contributed by atoms with Gasteiger partial charge in [0.2, 0.25) is 0 Å². The maximum Gasteiger partial charge on any atom is 0.258 e. The summed E-state index contributed by atoms with van der Waals surface area (Å²) in [5, 5.41) is 4.23. The molecule has 0 aromatic heterocycles. The van der Waals surface area contributed by atoms with E-state index in [9.17, 15) is 4.57 Å². The van der Waals surface area contributed by atoms with Crippen LogP contribution in [0.25, 0.3) is 0 Å². The van der Waals surface area contributed by atoms with Crippen molar-refractivity contribution >= 4 is 29.7 Å². The fraction of sp³-hybridized carbons (Fsp3) is 0.308. The van der Waals surface area contributed by atoms with Crippen LogP contribution >= 0.6 is 7.37 Å². The zero-order valence-corrected chi connectivity index (χ0v) is 20.5. The molecule has 32 heavy (non-hydrogen) atoms. The van der Waals surface area contributed by atoms with Crippen molar-refractivity contribution < 1.29 is 9.09 Å². The van der Waals surface area contributed by atoms with Gasteiger partial charge < -0.3 is 19.6 Å². The van der Waals surface area contributed by atoms with Crippen LogP contribution in [0.4, 0.5) is 17.1 Å². The third kappa shape index (κ3) is 5.53. The normalized spacial score (nSPS) is 13.8. The van der Waals surface area contributed by atoms with Gasteiger partial charge in [0.1, 0.15) is 5.78 Å². The van der Waals surface area contributed by atoms with Crippen molar-refractivity contribution in [1.82, 2.24) is 0 Å². The summed E-state index contributed by atoms with van der Waals surface area (Å²) in [6.45, 7) is 2.46. The van der Waals surface area contributed by atoms with Crippen LogP contribution in [-0.2, 0) is 9.09 Å². The van der Waals surface area contributed by atoms with E-state index >= 15 is 0 Å². The SMILES string of the molecule is CCCO[P@@](=O)(c1ccc(N(C)C)cc1)[C@@H](Nc1ccccc1)c1ccc(N(C)C)cc1. The second-order valence-corrected chi connectivity index (χ2v) is 10.7. The van der Waals surface area contributed by atoms with Crippen LogP contribution < -0.4 is 20.4 Å². The fourth-order valence-electron chi connectivity index (χ4n) is 3.50. The summed E-state index contributed by atoms with van der Waals surface area (Å²) in [5.41, 5.74) is 3.97. The molecule has 0 radical (unpaired) electrons. The number of para-hydroxylation sites is 1. The van der Waals surface area contributed by atoms with Crippen LogP contribution in [0.5, 0.6) is 0 Å². The fourth-order valence-corrected chi connectivity index (χ4v) is 5.99. The molecular weight excluding hydrogens is 417 g/mol. The van der Waals surface area contributed by atoms with Crippen LogP contribution in [0.3, 0.4) is 0 Å². The monoisotopic (exact) mass is 451 g/mol. The largest absolute Gasteiger partial charge is 0.378 e. The average molecular weight is 452 g/mol. The molecule has 170 valence electrons. The number of hydrogen-bond acceptors (Lipinski definition) is 5. The molecule has 0 aliphatic heterocycles. The van der Waals surface area contributed by atoms with Gasteiger partial charge in [0.15, 0.2) is 0 Å². The Morgan fingerprint density at radius 2 is 1.34 bits per heavy atom.